The Balaban J connectivity index is 1.28. The van der Waals surface area contributed by atoms with E-state index < -0.39 is 18.1 Å². The number of rotatable bonds is 9. The molecular formula is C30H31NO6. The van der Waals surface area contributed by atoms with Crippen molar-refractivity contribution in [3.05, 3.63) is 83.4 Å². The molecule has 2 N–H and O–H groups in total. The third kappa shape index (κ3) is 5.26. The van der Waals surface area contributed by atoms with E-state index in [9.17, 15) is 14.7 Å². The predicted molar refractivity (Wildman–Crippen MR) is 139 cm³/mol. The van der Waals surface area contributed by atoms with Crippen LogP contribution in [0.3, 0.4) is 0 Å². The molecular weight excluding hydrogens is 470 g/mol. The largest absolute Gasteiger partial charge is 0.493 e. The minimum Gasteiger partial charge on any atom is -0.493 e. The molecule has 37 heavy (non-hydrogen) atoms. The van der Waals surface area contributed by atoms with Gasteiger partial charge >= 0.3 is 12.1 Å². The van der Waals surface area contributed by atoms with E-state index in [2.05, 4.69) is 17.4 Å². The van der Waals surface area contributed by atoms with Gasteiger partial charge in [-0.15, -0.1) is 0 Å². The zero-order valence-corrected chi connectivity index (χ0v) is 20.8. The number of amides is 1. The van der Waals surface area contributed by atoms with E-state index in [0.717, 1.165) is 47.9 Å². The van der Waals surface area contributed by atoms with Crippen LogP contribution in [0, 0.1) is 0 Å². The molecule has 0 saturated heterocycles. The van der Waals surface area contributed by atoms with E-state index in [-0.39, 0.29) is 25.0 Å². The van der Waals surface area contributed by atoms with Crippen molar-refractivity contribution in [3.63, 3.8) is 0 Å². The third-order valence-electron chi connectivity index (χ3n) is 7.22. The SMILES string of the molecule is COc1cccc(CC(NC(=O)OCC2c3ccccc3-c3ccccc32)C(=O)O)c1OC1CCCC1. The fourth-order valence-corrected chi connectivity index (χ4v) is 5.39. The highest BCUT2D eigenvalue weighted by Gasteiger charge is 2.30. The maximum Gasteiger partial charge on any atom is 0.407 e. The van der Waals surface area contributed by atoms with Gasteiger partial charge in [-0.2, -0.15) is 0 Å². The number of carboxylic acid groups (broad SMARTS) is 1. The van der Waals surface area contributed by atoms with Gasteiger partial charge in [0, 0.05) is 17.9 Å². The number of nitrogens with one attached hydrogen (secondary N) is 1. The molecule has 7 heteroatoms. The van der Waals surface area contributed by atoms with Gasteiger partial charge in [0.25, 0.3) is 0 Å². The Labute approximate surface area is 216 Å². The highest BCUT2D eigenvalue weighted by molar-refractivity contribution is 5.81. The minimum atomic E-state index is -1.19. The molecule has 2 aliphatic carbocycles. The summed E-state index contributed by atoms with van der Waals surface area (Å²) in [4.78, 5) is 24.9. The van der Waals surface area contributed by atoms with Crippen LogP contribution in [0.15, 0.2) is 66.7 Å². The van der Waals surface area contributed by atoms with Gasteiger partial charge in [0.2, 0.25) is 0 Å². The third-order valence-corrected chi connectivity index (χ3v) is 7.22. The summed E-state index contributed by atoms with van der Waals surface area (Å²) in [6.07, 6.45) is 3.48. The molecule has 7 nitrogen and oxygen atoms in total. The number of para-hydroxylation sites is 1. The lowest BCUT2D eigenvalue weighted by Crippen LogP contribution is -2.43. The van der Waals surface area contributed by atoms with Crippen molar-refractivity contribution in [2.45, 2.75) is 50.2 Å². The van der Waals surface area contributed by atoms with Crippen molar-refractivity contribution < 1.29 is 28.9 Å². The lowest BCUT2D eigenvalue weighted by Gasteiger charge is -2.21. The molecule has 0 spiro atoms. The fourth-order valence-electron chi connectivity index (χ4n) is 5.39. The van der Waals surface area contributed by atoms with Crippen LogP contribution in [0.1, 0.15) is 48.3 Å². The molecule has 1 fully saturated rings. The number of fused-ring (bicyclic) bond motifs is 3. The lowest BCUT2D eigenvalue weighted by molar-refractivity contribution is -0.139. The Hall–Kier alpha value is -4.00. The first-order valence-corrected chi connectivity index (χ1v) is 12.7. The van der Waals surface area contributed by atoms with Gasteiger partial charge in [-0.05, 0) is 54.0 Å². The molecule has 1 atom stereocenters. The van der Waals surface area contributed by atoms with Gasteiger partial charge in [0.15, 0.2) is 11.5 Å². The summed E-state index contributed by atoms with van der Waals surface area (Å²) < 4.78 is 17.3. The van der Waals surface area contributed by atoms with Crippen LogP contribution in [0.25, 0.3) is 11.1 Å². The van der Waals surface area contributed by atoms with Gasteiger partial charge in [0.05, 0.1) is 13.2 Å². The fraction of sp³-hybridized carbons (Fsp3) is 0.333. The number of carboxylic acids is 1. The van der Waals surface area contributed by atoms with E-state index in [0.29, 0.717) is 17.1 Å². The number of benzene rings is 3. The summed E-state index contributed by atoms with van der Waals surface area (Å²) in [5.41, 5.74) is 5.11. The first-order valence-electron chi connectivity index (χ1n) is 12.7. The van der Waals surface area contributed by atoms with Crippen molar-refractivity contribution in [2.24, 2.45) is 0 Å². The van der Waals surface area contributed by atoms with E-state index in [1.165, 1.54) is 0 Å². The summed E-state index contributed by atoms with van der Waals surface area (Å²) >= 11 is 0. The summed E-state index contributed by atoms with van der Waals surface area (Å²) in [6.45, 7) is 0.113. The monoisotopic (exact) mass is 501 g/mol. The normalized spacial score (nSPS) is 15.5. The van der Waals surface area contributed by atoms with E-state index in [1.54, 1.807) is 19.2 Å². The summed E-state index contributed by atoms with van der Waals surface area (Å²) in [5.74, 6) is -0.165. The molecule has 1 saturated carbocycles. The van der Waals surface area contributed by atoms with Gasteiger partial charge in [-0.1, -0.05) is 60.7 Å². The topological polar surface area (TPSA) is 94.1 Å². The Bertz CT molecular complexity index is 1240. The van der Waals surface area contributed by atoms with Crippen molar-refractivity contribution in [2.75, 3.05) is 13.7 Å². The number of carbonyl (C=O) groups excluding carboxylic acids is 1. The van der Waals surface area contributed by atoms with Crippen molar-refractivity contribution >= 4 is 12.1 Å². The zero-order chi connectivity index (χ0) is 25.8. The first-order chi connectivity index (χ1) is 18.0. The molecule has 5 rings (SSSR count). The molecule has 0 heterocycles. The van der Waals surface area contributed by atoms with Crippen LogP contribution in [0.2, 0.25) is 0 Å². The number of hydrogen-bond donors (Lipinski definition) is 2. The van der Waals surface area contributed by atoms with Crippen LogP contribution >= 0.6 is 0 Å². The first kappa shape index (κ1) is 24.7. The van der Waals surface area contributed by atoms with Gasteiger partial charge in [0.1, 0.15) is 12.6 Å². The number of ether oxygens (including phenoxy) is 3. The van der Waals surface area contributed by atoms with Crippen LogP contribution in [-0.4, -0.2) is 43.0 Å². The van der Waals surface area contributed by atoms with Gasteiger partial charge in [-0.25, -0.2) is 9.59 Å². The van der Waals surface area contributed by atoms with E-state index in [4.69, 9.17) is 14.2 Å². The van der Waals surface area contributed by atoms with Crippen molar-refractivity contribution in [3.8, 4) is 22.6 Å². The quantitative estimate of drug-likeness (QED) is 0.399. The van der Waals surface area contributed by atoms with Gasteiger partial charge < -0.3 is 24.6 Å². The van der Waals surface area contributed by atoms with Crippen molar-refractivity contribution in [1.29, 1.82) is 0 Å². The highest BCUT2D eigenvalue weighted by atomic mass is 16.5. The maximum absolute atomic E-state index is 12.8. The number of carbonyl (C=O) groups is 2. The molecule has 1 unspecified atom stereocenters. The molecule has 0 bridgehead atoms. The second-order valence-corrected chi connectivity index (χ2v) is 9.54. The lowest BCUT2D eigenvalue weighted by atomic mass is 9.98. The summed E-state index contributed by atoms with van der Waals surface area (Å²) in [7, 11) is 1.56. The highest BCUT2D eigenvalue weighted by Crippen LogP contribution is 2.44. The van der Waals surface area contributed by atoms with E-state index in [1.807, 2.05) is 42.5 Å². The Morgan fingerprint density at radius 2 is 1.59 bits per heavy atom. The number of alkyl carbamates (subject to hydrolysis) is 1. The number of aliphatic carboxylic acids is 1. The Morgan fingerprint density at radius 1 is 0.946 bits per heavy atom. The van der Waals surface area contributed by atoms with Crippen LogP contribution in [0.4, 0.5) is 4.79 Å². The molecule has 0 aliphatic heterocycles. The zero-order valence-electron chi connectivity index (χ0n) is 20.8. The Morgan fingerprint density at radius 3 is 2.22 bits per heavy atom. The smallest absolute Gasteiger partial charge is 0.407 e. The molecule has 1 amide bonds. The standard InChI is InChI=1S/C30H31NO6/c1-35-27-16-8-9-19(28(27)37-20-10-2-3-11-20)17-26(29(32)33)31-30(34)36-18-25-23-14-6-4-12-21(23)22-13-5-7-15-24(22)25/h4-9,12-16,20,25-26H,2-3,10-11,17-18H2,1H3,(H,31,34)(H,32,33). The molecule has 3 aromatic rings. The second-order valence-electron chi connectivity index (χ2n) is 9.54. The second kappa shape index (κ2) is 10.9. The van der Waals surface area contributed by atoms with E-state index >= 15 is 0 Å². The predicted octanol–water partition coefficient (Wildman–Crippen LogP) is 5.55. The van der Waals surface area contributed by atoms with Crippen molar-refractivity contribution in [1.82, 2.24) is 5.32 Å². The average Bonchev–Trinajstić information content (AvgIpc) is 3.54. The molecule has 0 aromatic heterocycles. The molecule has 0 radical (unpaired) electrons. The number of methoxy groups -OCH3 is 1. The summed E-state index contributed by atoms with van der Waals surface area (Å²) in [6, 6.07) is 20.3. The maximum atomic E-state index is 12.8. The average molecular weight is 502 g/mol. The number of hydrogen-bond acceptors (Lipinski definition) is 5. The summed E-state index contributed by atoms with van der Waals surface area (Å²) in [5, 5.41) is 12.4. The van der Waals surface area contributed by atoms with Crippen LogP contribution in [0.5, 0.6) is 11.5 Å². The molecule has 2 aliphatic rings. The van der Waals surface area contributed by atoms with Crippen LogP contribution in [-0.2, 0) is 16.0 Å². The molecule has 3 aromatic carbocycles. The minimum absolute atomic E-state index is 0.0405. The van der Waals surface area contributed by atoms with Gasteiger partial charge in [-0.3, -0.25) is 0 Å². The van der Waals surface area contributed by atoms with Crippen LogP contribution < -0.4 is 14.8 Å². The molecule has 192 valence electrons. The Kier molecular flexibility index (Phi) is 7.30.